The zero-order valence-corrected chi connectivity index (χ0v) is 52.7. The molecular weight excluding hydrogens is 1000 g/mol. The third-order valence-electron chi connectivity index (χ3n) is 16.9. The number of rotatable bonds is 61. The molecule has 8 unspecified atom stereocenters. The Hall–Kier alpha value is -1.60. The summed E-state index contributed by atoms with van der Waals surface area (Å²) in [4.78, 5) is 26.6. The summed E-state index contributed by atoms with van der Waals surface area (Å²) >= 11 is 0. The maximum atomic E-state index is 13.4. The molecule has 80 heavy (non-hydrogen) atoms. The van der Waals surface area contributed by atoms with Gasteiger partial charge in [0.15, 0.2) is 12.4 Å². The van der Waals surface area contributed by atoms with Crippen molar-refractivity contribution in [2.45, 2.75) is 404 Å². The molecule has 0 saturated carbocycles. The Morgan fingerprint density at radius 2 is 0.812 bits per heavy atom. The number of nitrogens with one attached hydrogen (secondary N) is 1. The van der Waals surface area contributed by atoms with E-state index in [9.17, 15) is 35.1 Å². The van der Waals surface area contributed by atoms with Gasteiger partial charge in [0.25, 0.3) is 0 Å². The molecule has 0 aromatic carbocycles. The van der Waals surface area contributed by atoms with Gasteiger partial charge in [-0.15, -0.1) is 0 Å². The molecule has 0 spiro atoms. The van der Waals surface area contributed by atoms with E-state index < -0.39 is 67.4 Å². The zero-order chi connectivity index (χ0) is 58.2. The molecule has 1 fully saturated rings. The third kappa shape index (κ3) is 44.9. The molecule has 0 aromatic heterocycles. The normalized spacial score (nSPS) is 18.7. The van der Waals surface area contributed by atoms with Crippen LogP contribution in [0.5, 0.6) is 0 Å². The number of amides is 1. The summed E-state index contributed by atoms with van der Waals surface area (Å²) < 4.78 is 17.7. The van der Waals surface area contributed by atoms with Crippen LogP contribution in [0.2, 0.25) is 0 Å². The average Bonchev–Trinajstić information content (AvgIpc) is 3.47. The van der Waals surface area contributed by atoms with Crippen LogP contribution in [0.3, 0.4) is 0 Å². The summed E-state index contributed by atoms with van der Waals surface area (Å²) in [5.74, 6) is -1.17. The van der Waals surface area contributed by atoms with Crippen LogP contribution < -0.4 is 5.32 Å². The van der Waals surface area contributed by atoms with Gasteiger partial charge in [0, 0.05) is 6.42 Å². The third-order valence-corrected chi connectivity index (χ3v) is 16.9. The number of carbonyl (C=O) groups is 2. The molecule has 11 heteroatoms. The van der Waals surface area contributed by atoms with E-state index >= 15 is 0 Å². The molecule has 1 saturated heterocycles. The molecule has 0 aliphatic carbocycles. The first kappa shape index (κ1) is 76.4. The van der Waals surface area contributed by atoms with Gasteiger partial charge in [0.05, 0.1) is 25.4 Å². The van der Waals surface area contributed by atoms with Gasteiger partial charge >= 0.3 is 5.97 Å². The lowest BCUT2D eigenvalue weighted by atomic mass is 9.99. The van der Waals surface area contributed by atoms with Crippen LogP contribution >= 0.6 is 0 Å². The fourth-order valence-corrected chi connectivity index (χ4v) is 11.4. The molecule has 1 aliphatic heterocycles. The second kappa shape index (κ2) is 57.8. The van der Waals surface area contributed by atoms with Crippen molar-refractivity contribution in [3.05, 3.63) is 12.2 Å². The van der Waals surface area contributed by atoms with Crippen molar-refractivity contribution in [1.82, 2.24) is 5.32 Å². The minimum atomic E-state index is -1.61. The number of allylic oxidation sites excluding steroid dienone is 1. The van der Waals surface area contributed by atoms with Crippen molar-refractivity contribution >= 4 is 11.9 Å². The Labute approximate surface area is 493 Å². The fraction of sp³-hybridized carbons (Fsp3) is 0.942. The van der Waals surface area contributed by atoms with E-state index in [1.165, 1.54) is 250 Å². The van der Waals surface area contributed by atoms with Crippen LogP contribution in [0.1, 0.15) is 355 Å². The van der Waals surface area contributed by atoms with Crippen LogP contribution in [0.15, 0.2) is 12.2 Å². The molecule has 1 aliphatic rings. The van der Waals surface area contributed by atoms with Crippen molar-refractivity contribution < 1.29 is 49.3 Å². The van der Waals surface area contributed by atoms with E-state index in [1.54, 1.807) is 6.08 Å². The number of hydrogen-bond donors (Lipinski definition) is 6. The van der Waals surface area contributed by atoms with E-state index in [1.807, 2.05) is 6.08 Å². The van der Waals surface area contributed by atoms with Gasteiger partial charge in [-0.05, 0) is 25.7 Å². The topological polar surface area (TPSA) is 175 Å². The summed E-state index contributed by atoms with van der Waals surface area (Å²) in [5.41, 5.74) is 0. The lowest BCUT2D eigenvalue weighted by Gasteiger charge is -2.41. The summed E-state index contributed by atoms with van der Waals surface area (Å²) in [6.07, 6.45) is 57.0. The SMILES string of the molecule is CCCCCCCCCCCC/C=C/C(O)C(COC1OC(CO)C(O)C(O)C1OC(=O)CCCCCCCCCCCCCCCCCCCCCCCCCCCCC)NC(=O)C(O)CCCCCCCCCCCCCC. The molecule has 6 N–H and O–H groups in total. The molecule has 8 atom stereocenters. The Kier molecular flexibility index (Phi) is 55.2. The molecule has 0 aromatic rings. The highest BCUT2D eigenvalue weighted by molar-refractivity contribution is 5.80. The second-order valence-corrected chi connectivity index (χ2v) is 24.6. The number of aliphatic hydroxyl groups is 5. The van der Waals surface area contributed by atoms with Crippen LogP contribution in [-0.2, 0) is 23.8 Å². The van der Waals surface area contributed by atoms with Crippen molar-refractivity contribution in [2.75, 3.05) is 13.2 Å². The minimum Gasteiger partial charge on any atom is -0.454 e. The summed E-state index contributed by atoms with van der Waals surface area (Å²) in [5, 5.41) is 57.1. The monoisotopic (exact) mass is 1140 g/mol. The largest absolute Gasteiger partial charge is 0.454 e. The van der Waals surface area contributed by atoms with Gasteiger partial charge in [-0.3, -0.25) is 9.59 Å². The van der Waals surface area contributed by atoms with Crippen molar-refractivity contribution in [3.63, 3.8) is 0 Å². The predicted molar refractivity (Wildman–Crippen MR) is 334 cm³/mol. The molecule has 1 rings (SSSR count). The highest BCUT2D eigenvalue weighted by Crippen LogP contribution is 2.26. The number of ether oxygens (including phenoxy) is 3. The van der Waals surface area contributed by atoms with Gasteiger partial charge in [-0.1, -0.05) is 335 Å². The highest BCUT2D eigenvalue weighted by Gasteiger charge is 2.47. The number of unbranched alkanes of at least 4 members (excludes halogenated alkanes) is 47. The Balaban J connectivity index is 2.49. The number of aliphatic hydroxyl groups excluding tert-OH is 5. The molecule has 0 radical (unpaired) electrons. The van der Waals surface area contributed by atoms with Crippen LogP contribution in [0.4, 0.5) is 0 Å². The second-order valence-electron chi connectivity index (χ2n) is 24.6. The van der Waals surface area contributed by atoms with Gasteiger partial charge in [0.2, 0.25) is 5.91 Å². The van der Waals surface area contributed by atoms with E-state index in [-0.39, 0.29) is 13.0 Å². The molecule has 1 heterocycles. The summed E-state index contributed by atoms with van der Waals surface area (Å²) in [7, 11) is 0. The fourth-order valence-electron chi connectivity index (χ4n) is 11.4. The number of carbonyl (C=O) groups excluding carboxylic acids is 2. The Morgan fingerprint density at radius 1 is 0.475 bits per heavy atom. The number of esters is 1. The maximum Gasteiger partial charge on any atom is 0.306 e. The van der Waals surface area contributed by atoms with Gasteiger partial charge in [0.1, 0.15) is 24.4 Å². The van der Waals surface area contributed by atoms with Crippen molar-refractivity contribution in [3.8, 4) is 0 Å². The first-order valence-corrected chi connectivity index (χ1v) is 35.0. The van der Waals surface area contributed by atoms with Gasteiger partial charge in [-0.25, -0.2) is 0 Å². The zero-order valence-electron chi connectivity index (χ0n) is 52.7. The Bertz CT molecular complexity index is 1350. The average molecular weight is 1140 g/mol. The standard InChI is InChI=1S/C69H133NO10/c1-4-7-10-13-16-19-22-25-26-27-28-29-30-31-32-33-34-35-36-37-38-39-42-45-48-51-54-57-64(74)80-67-66(76)65(75)63(58-71)79-69(67)78-59-60(61(72)55-52-49-46-43-40-23-20-17-14-11-8-5-2)70-68(77)62(73)56-53-50-47-44-41-24-21-18-15-12-9-6-3/h52,55,60-63,65-67,69,71-73,75-76H,4-51,53-54,56-59H2,1-3H3,(H,70,77)/b55-52+. The highest BCUT2D eigenvalue weighted by atomic mass is 16.7. The lowest BCUT2D eigenvalue weighted by Crippen LogP contribution is -2.61. The minimum absolute atomic E-state index is 0.132. The molecule has 474 valence electrons. The van der Waals surface area contributed by atoms with E-state index in [4.69, 9.17) is 14.2 Å². The van der Waals surface area contributed by atoms with Crippen molar-refractivity contribution in [2.24, 2.45) is 0 Å². The smallest absolute Gasteiger partial charge is 0.306 e. The van der Waals surface area contributed by atoms with Crippen LogP contribution in [0.25, 0.3) is 0 Å². The molecule has 1 amide bonds. The Morgan fingerprint density at radius 3 is 1.18 bits per heavy atom. The summed E-state index contributed by atoms with van der Waals surface area (Å²) in [6, 6.07) is -1.02. The lowest BCUT2D eigenvalue weighted by molar-refractivity contribution is -0.305. The van der Waals surface area contributed by atoms with Gasteiger partial charge in [-0.2, -0.15) is 0 Å². The van der Waals surface area contributed by atoms with E-state index in [0.717, 1.165) is 57.8 Å². The van der Waals surface area contributed by atoms with Crippen molar-refractivity contribution in [1.29, 1.82) is 0 Å². The van der Waals surface area contributed by atoms with Crippen LogP contribution in [-0.4, -0.2) is 99.6 Å². The van der Waals surface area contributed by atoms with Crippen LogP contribution in [0, 0.1) is 0 Å². The van der Waals surface area contributed by atoms with E-state index in [0.29, 0.717) is 19.3 Å². The van der Waals surface area contributed by atoms with E-state index in [2.05, 4.69) is 26.1 Å². The first-order chi connectivity index (χ1) is 39.2. The first-order valence-electron chi connectivity index (χ1n) is 35.0. The summed E-state index contributed by atoms with van der Waals surface area (Å²) in [6.45, 7) is 5.83. The number of hydrogen-bond acceptors (Lipinski definition) is 10. The van der Waals surface area contributed by atoms with Gasteiger partial charge < -0.3 is 45.1 Å². The maximum absolute atomic E-state index is 13.4. The molecular formula is C69H133NO10. The molecule has 0 bridgehead atoms. The quantitative estimate of drug-likeness (QED) is 0.0195. The predicted octanol–water partition coefficient (Wildman–Crippen LogP) is 17.5. The molecule has 11 nitrogen and oxygen atoms in total.